The van der Waals surface area contributed by atoms with Crippen molar-refractivity contribution in [1.29, 1.82) is 0 Å². The van der Waals surface area contributed by atoms with Crippen LogP contribution in [0.25, 0.3) is 0 Å². The molecule has 7 heteroatoms. The van der Waals surface area contributed by atoms with Gasteiger partial charge in [-0.05, 0) is 39.9 Å². The van der Waals surface area contributed by atoms with Crippen molar-refractivity contribution >= 4 is 34.6 Å². The number of nitrogens with two attached hydrogens (primary N) is 1. The first-order valence-electron chi connectivity index (χ1n) is 8.41. The van der Waals surface area contributed by atoms with E-state index in [-0.39, 0.29) is 11.1 Å². The van der Waals surface area contributed by atoms with E-state index in [1.807, 2.05) is 0 Å². The molecular formula is C18H29ClN3O2S+. The lowest BCUT2D eigenvalue weighted by Crippen LogP contribution is -3.06. The van der Waals surface area contributed by atoms with Crippen LogP contribution in [-0.2, 0) is 0 Å². The standard InChI is InChI=1S/C18H28ClN3O2S/c1-17(2)9-11(10-18(3,4)22-17)20-16(25)21-13-8-14(23-5)12(19)7-15(13)24-6/h7-8,11,22H,9-10H2,1-6H3,(H2,20,21,25)/p+1. The summed E-state index contributed by atoms with van der Waals surface area (Å²) >= 11 is 11.7. The molecule has 140 valence electrons. The van der Waals surface area contributed by atoms with Crippen molar-refractivity contribution in [2.45, 2.75) is 57.7 Å². The van der Waals surface area contributed by atoms with Gasteiger partial charge in [-0.25, -0.2) is 0 Å². The highest BCUT2D eigenvalue weighted by atomic mass is 35.5. The van der Waals surface area contributed by atoms with E-state index in [2.05, 4.69) is 43.6 Å². The Labute approximate surface area is 160 Å². The molecule has 0 atom stereocenters. The SMILES string of the molecule is COc1cc(NC(=S)NC2CC(C)(C)[NH2+]C(C)(C)C2)c(OC)cc1Cl. The third kappa shape index (κ3) is 5.36. The zero-order valence-electron chi connectivity index (χ0n) is 15.8. The predicted molar refractivity (Wildman–Crippen MR) is 107 cm³/mol. The molecule has 0 aliphatic carbocycles. The predicted octanol–water partition coefficient (Wildman–Crippen LogP) is 2.93. The number of thiocarbonyl (C=S) groups is 1. The molecule has 1 aliphatic heterocycles. The summed E-state index contributed by atoms with van der Waals surface area (Å²) in [5, 5.41) is 10.2. The summed E-state index contributed by atoms with van der Waals surface area (Å²) in [6.07, 6.45) is 2.08. The number of hydrogen-bond acceptors (Lipinski definition) is 3. The minimum atomic E-state index is 0.177. The van der Waals surface area contributed by atoms with Crippen LogP contribution in [0.15, 0.2) is 12.1 Å². The maximum absolute atomic E-state index is 6.15. The van der Waals surface area contributed by atoms with Gasteiger partial charge in [-0.1, -0.05) is 11.6 Å². The molecule has 4 N–H and O–H groups in total. The second kappa shape index (κ2) is 7.56. The summed E-state index contributed by atoms with van der Waals surface area (Å²) in [6.45, 7) is 9.08. The van der Waals surface area contributed by atoms with Gasteiger partial charge in [0.05, 0.1) is 36.0 Å². The van der Waals surface area contributed by atoms with Crippen molar-refractivity contribution in [3.05, 3.63) is 17.2 Å². The van der Waals surface area contributed by atoms with Gasteiger partial charge in [-0.2, -0.15) is 0 Å². The van der Waals surface area contributed by atoms with Crippen LogP contribution in [0.2, 0.25) is 5.02 Å². The van der Waals surface area contributed by atoms with Crippen molar-refractivity contribution < 1.29 is 14.8 Å². The number of nitrogens with one attached hydrogen (secondary N) is 2. The molecule has 0 aromatic heterocycles. The summed E-state index contributed by atoms with van der Waals surface area (Å²) < 4.78 is 10.7. The number of piperidine rings is 1. The molecule has 1 aromatic rings. The molecule has 1 aliphatic rings. The van der Waals surface area contributed by atoms with E-state index in [0.29, 0.717) is 27.7 Å². The van der Waals surface area contributed by atoms with Crippen molar-refractivity contribution in [2.24, 2.45) is 0 Å². The van der Waals surface area contributed by atoms with Crippen LogP contribution in [0.1, 0.15) is 40.5 Å². The molecule has 0 amide bonds. The van der Waals surface area contributed by atoms with Crippen molar-refractivity contribution in [2.75, 3.05) is 19.5 Å². The summed E-state index contributed by atoms with van der Waals surface area (Å²) in [5.74, 6) is 1.19. The normalized spacial score (nSPS) is 19.2. The third-order valence-electron chi connectivity index (χ3n) is 4.38. The molecule has 25 heavy (non-hydrogen) atoms. The maximum atomic E-state index is 6.15. The van der Waals surface area contributed by atoms with Crippen LogP contribution in [0.4, 0.5) is 5.69 Å². The fourth-order valence-electron chi connectivity index (χ4n) is 3.92. The fourth-order valence-corrected chi connectivity index (χ4v) is 4.43. The van der Waals surface area contributed by atoms with Gasteiger partial charge >= 0.3 is 0 Å². The first kappa shape index (κ1) is 20.1. The maximum Gasteiger partial charge on any atom is 0.171 e. The average Bonchev–Trinajstić information content (AvgIpc) is 2.45. The van der Waals surface area contributed by atoms with E-state index >= 15 is 0 Å². The summed E-state index contributed by atoms with van der Waals surface area (Å²) in [5.41, 5.74) is 1.08. The van der Waals surface area contributed by atoms with Gasteiger partial charge in [0, 0.05) is 31.0 Å². The number of anilines is 1. The lowest BCUT2D eigenvalue weighted by molar-refractivity contribution is -0.787. The number of halogens is 1. The Morgan fingerprint density at radius 2 is 1.68 bits per heavy atom. The van der Waals surface area contributed by atoms with Crippen LogP contribution in [0.3, 0.4) is 0 Å². The summed E-state index contributed by atoms with van der Waals surface area (Å²) in [7, 11) is 3.18. The third-order valence-corrected chi connectivity index (χ3v) is 4.90. The van der Waals surface area contributed by atoms with E-state index < -0.39 is 0 Å². The highest BCUT2D eigenvalue weighted by molar-refractivity contribution is 7.80. The van der Waals surface area contributed by atoms with Gasteiger partial charge < -0.3 is 25.4 Å². The molecule has 0 radical (unpaired) electrons. The van der Waals surface area contributed by atoms with Crippen LogP contribution in [0, 0.1) is 0 Å². The minimum absolute atomic E-state index is 0.177. The lowest BCUT2D eigenvalue weighted by atomic mass is 9.80. The van der Waals surface area contributed by atoms with E-state index in [0.717, 1.165) is 18.5 Å². The Balaban J connectivity index is 2.10. The van der Waals surface area contributed by atoms with Gasteiger partial charge in [0.1, 0.15) is 11.5 Å². The van der Waals surface area contributed by atoms with Gasteiger partial charge in [0.25, 0.3) is 0 Å². The molecule has 1 fully saturated rings. The highest BCUT2D eigenvalue weighted by Crippen LogP contribution is 2.35. The Kier molecular flexibility index (Phi) is 6.07. The quantitative estimate of drug-likeness (QED) is 0.694. The Morgan fingerprint density at radius 3 is 2.20 bits per heavy atom. The molecule has 0 bridgehead atoms. The van der Waals surface area contributed by atoms with Gasteiger partial charge in [0.2, 0.25) is 0 Å². The van der Waals surface area contributed by atoms with Gasteiger partial charge in [-0.15, -0.1) is 0 Å². The van der Waals surface area contributed by atoms with Crippen LogP contribution in [0.5, 0.6) is 11.5 Å². The zero-order valence-corrected chi connectivity index (χ0v) is 17.4. The molecule has 0 saturated carbocycles. The zero-order chi connectivity index (χ0) is 18.8. The van der Waals surface area contributed by atoms with E-state index in [1.54, 1.807) is 26.4 Å². The molecule has 5 nitrogen and oxygen atoms in total. The monoisotopic (exact) mass is 386 g/mol. The molecule has 1 heterocycles. The van der Waals surface area contributed by atoms with Crippen LogP contribution in [-0.4, -0.2) is 36.5 Å². The van der Waals surface area contributed by atoms with Crippen molar-refractivity contribution in [1.82, 2.24) is 5.32 Å². The minimum Gasteiger partial charge on any atom is -0.495 e. The number of benzene rings is 1. The number of quaternary nitrogens is 1. The first-order valence-corrected chi connectivity index (χ1v) is 9.20. The summed E-state index contributed by atoms with van der Waals surface area (Å²) in [4.78, 5) is 0. The number of hydrogen-bond donors (Lipinski definition) is 3. The Bertz CT molecular complexity index is 633. The Hall–Kier alpha value is -1.24. The lowest BCUT2D eigenvalue weighted by Gasteiger charge is -2.43. The van der Waals surface area contributed by atoms with Crippen LogP contribution >= 0.6 is 23.8 Å². The van der Waals surface area contributed by atoms with E-state index in [4.69, 9.17) is 33.3 Å². The van der Waals surface area contributed by atoms with Crippen molar-refractivity contribution in [3.8, 4) is 11.5 Å². The first-order chi connectivity index (χ1) is 11.5. The second-order valence-corrected chi connectivity index (χ2v) is 8.83. The molecule has 2 rings (SSSR count). The molecular weight excluding hydrogens is 358 g/mol. The van der Waals surface area contributed by atoms with Gasteiger partial charge in [-0.3, -0.25) is 0 Å². The van der Waals surface area contributed by atoms with E-state index in [1.165, 1.54) is 0 Å². The average molecular weight is 387 g/mol. The number of ether oxygens (including phenoxy) is 2. The van der Waals surface area contributed by atoms with Crippen molar-refractivity contribution in [3.63, 3.8) is 0 Å². The summed E-state index contributed by atoms with van der Waals surface area (Å²) in [6, 6.07) is 3.82. The second-order valence-electron chi connectivity index (χ2n) is 8.01. The highest BCUT2D eigenvalue weighted by Gasteiger charge is 2.41. The molecule has 1 aromatic carbocycles. The number of methoxy groups -OCH3 is 2. The molecule has 1 saturated heterocycles. The fraction of sp³-hybridized carbons (Fsp3) is 0.611. The van der Waals surface area contributed by atoms with Crippen LogP contribution < -0.4 is 25.4 Å². The topological polar surface area (TPSA) is 59.1 Å². The molecule has 0 unspecified atom stereocenters. The largest absolute Gasteiger partial charge is 0.495 e. The van der Waals surface area contributed by atoms with E-state index in [9.17, 15) is 0 Å². The smallest absolute Gasteiger partial charge is 0.171 e. The number of rotatable bonds is 4. The van der Waals surface area contributed by atoms with Gasteiger partial charge in [0.15, 0.2) is 5.11 Å². The molecule has 0 spiro atoms. The Morgan fingerprint density at radius 1 is 1.12 bits per heavy atom.